The van der Waals surface area contributed by atoms with E-state index < -0.39 is 0 Å². The van der Waals surface area contributed by atoms with Crippen molar-refractivity contribution in [3.63, 3.8) is 0 Å². The lowest BCUT2D eigenvalue weighted by atomic mass is 10.2. The maximum absolute atomic E-state index is 11.7. The lowest BCUT2D eigenvalue weighted by Crippen LogP contribution is -2.32. The lowest BCUT2D eigenvalue weighted by molar-refractivity contribution is -0.119. The molecule has 2 rings (SSSR count). The number of hydrogen-bond acceptors (Lipinski definition) is 7. The third-order valence-corrected chi connectivity index (χ3v) is 2.78. The molecule has 5 N–H and O–H groups in total. The predicted octanol–water partition coefficient (Wildman–Crippen LogP) is 0.0899. The van der Waals surface area contributed by atoms with E-state index in [9.17, 15) is 4.79 Å². The second-order valence-corrected chi connectivity index (χ2v) is 4.25. The number of aromatic nitrogens is 2. The maximum Gasteiger partial charge on any atom is 0.239 e. The molecule has 112 valence electrons. The Hall–Kier alpha value is -2.45. The molecule has 0 saturated heterocycles. The molecule has 0 bridgehead atoms. The standard InChI is InChI=1S/C13H18N6O2/c1-21-7-6-15-11(20)8-16-12-9-4-2-3-5-10(9)17-13(18-12)19-14/h2-5H,6-8,14H2,1H3,(H,15,20)(H2,16,17,18,19). The first-order valence-corrected chi connectivity index (χ1v) is 6.47. The molecule has 0 fully saturated rings. The van der Waals surface area contributed by atoms with Crippen LogP contribution in [0.4, 0.5) is 11.8 Å². The van der Waals surface area contributed by atoms with E-state index in [0.717, 1.165) is 10.9 Å². The van der Waals surface area contributed by atoms with Crippen molar-refractivity contribution < 1.29 is 9.53 Å². The van der Waals surface area contributed by atoms with Crippen LogP contribution < -0.4 is 21.9 Å². The highest BCUT2D eigenvalue weighted by molar-refractivity contribution is 5.91. The van der Waals surface area contributed by atoms with Crippen molar-refractivity contribution in [1.29, 1.82) is 0 Å². The van der Waals surface area contributed by atoms with Crippen LogP contribution in [0.3, 0.4) is 0 Å². The largest absolute Gasteiger partial charge is 0.383 e. The van der Waals surface area contributed by atoms with Gasteiger partial charge in [-0.05, 0) is 12.1 Å². The zero-order chi connectivity index (χ0) is 15.1. The number of nitrogens with one attached hydrogen (secondary N) is 3. The highest BCUT2D eigenvalue weighted by Crippen LogP contribution is 2.21. The molecule has 1 aromatic heterocycles. The Labute approximate surface area is 122 Å². The molecule has 2 aromatic rings. The molecule has 0 atom stereocenters. The summed E-state index contributed by atoms with van der Waals surface area (Å²) in [5.41, 5.74) is 3.15. The molecule has 8 heteroatoms. The summed E-state index contributed by atoms with van der Waals surface area (Å²) in [5, 5.41) is 6.53. The SMILES string of the molecule is COCCNC(=O)CNc1nc(NN)nc2ccccc12. The van der Waals surface area contributed by atoms with Gasteiger partial charge >= 0.3 is 0 Å². The van der Waals surface area contributed by atoms with E-state index in [1.54, 1.807) is 7.11 Å². The van der Waals surface area contributed by atoms with Crippen LogP contribution in [-0.4, -0.2) is 42.7 Å². The molecule has 0 aliphatic rings. The van der Waals surface area contributed by atoms with Crippen molar-refractivity contribution >= 4 is 28.6 Å². The summed E-state index contributed by atoms with van der Waals surface area (Å²) in [5.74, 6) is 6.05. The summed E-state index contributed by atoms with van der Waals surface area (Å²) >= 11 is 0. The molecule has 1 amide bonds. The fraction of sp³-hybridized carbons (Fsp3) is 0.308. The van der Waals surface area contributed by atoms with Crippen molar-refractivity contribution in [2.75, 3.05) is 37.5 Å². The van der Waals surface area contributed by atoms with Gasteiger partial charge in [-0.1, -0.05) is 12.1 Å². The van der Waals surface area contributed by atoms with Crippen molar-refractivity contribution in [1.82, 2.24) is 15.3 Å². The fourth-order valence-electron chi connectivity index (χ4n) is 1.79. The maximum atomic E-state index is 11.7. The van der Waals surface area contributed by atoms with Gasteiger partial charge in [0.2, 0.25) is 11.9 Å². The van der Waals surface area contributed by atoms with Gasteiger partial charge < -0.3 is 15.4 Å². The van der Waals surface area contributed by atoms with E-state index in [2.05, 4.69) is 26.0 Å². The Bertz CT molecular complexity index is 619. The van der Waals surface area contributed by atoms with Crippen LogP contribution in [0, 0.1) is 0 Å². The monoisotopic (exact) mass is 290 g/mol. The van der Waals surface area contributed by atoms with Gasteiger partial charge in [0.05, 0.1) is 18.7 Å². The first kappa shape index (κ1) is 14.9. The molecule has 0 aliphatic heterocycles. The summed E-state index contributed by atoms with van der Waals surface area (Å²) in [6.45, 7) is 1.05. The number of carbonyl (C=O) groups is 1. The quantitative estimate of drug-likeness (QED) is 0.324. The number of ether oxygens (including phenoxy) is 1. The first-order valence-electron chi connectivity index (χ1n) is 6.47. The van der Waals surface area contributed by atoms with Gasteiger partial charge in [0, 0.05) is 19.0 Å². The van der Waals surface area contributed by atoms with E-state index >= 15 is 0 Å². The molecule has 0 saturated carbocycles. The van der Waals surface area contributed by atoms with Crippen LogP contribution in [0.2, 0.25) is 0 Å². The van der Waals surface area contributed by atoms with Gasteiger partial charge in [0.1, 0.15) is 5.82 Å². The number of hydrazine groups is 1. The van der Waals surface area contributed by atoms with E-state index in [-0.39, 0.29) is 18.4 Å². The molecule has 0 spiro atoms. The minimum Gasteiger partial charge on any atom is -0.383 e. The number of fused-ring (bicyclic) bond motifs is 1. The molecule has 8 nitrogen and oxygen atoms in total. The van der Waals surface area contributed by atoms with Gasteiger partial charge in [0.25, 0.3) is 0 Å². The number of rotatable bonds is 7. The van der Waals surface area contributed by atoms with E-state index in [4.69, 9.17) is 10.6 Å². The predicted molar refractivity (Wildman–Crippen MR) is 80.7 cm³/mol. The summed E-state index contributed by atoms with van der Waals surface area (Å²) < 4.78 is 4.87. The number of nitrogen functional groups attached to an aromatic ring is 1. The van der Waals surface area contributed by atoms with Crippen molar-refractivity contribution in [3.8, 4) is 0 Å². The molecule has 1 aromatic carbocycles. The van der Waals surface area contributed by atoms with Crippen LogP contribution in [0.15, 0.2) is 24.3 Å². The topological polar surface area (TPSA) is 114 Å². The second-order valence-electron chi connectivity index (χ2n) is 4.25. The number of benzene rings is 1. The van der Waals surface area contributed by atoms with E-state index in [1.165, 1.54) is 0 Å². The highest BCUT2D eigenvalue weighted by atomic mass is 16.5. The summed E-state index contributed by atoms with van der Waals surface area (Å²) in [6.07, 6.45) is 0. The third-order valence-electron chi connectivity index (χ3n) is 2.78. The molecule has 0 unspecified atom stereocenters. The molecule has 21 heavy (non-hydrogen) atoms. The zero-order valence-corrected chi connectivity index (χ0v) is 11.7. The van der Waals surface area contributed by atoms with Crippen LogP contribution in [0.5, 0.6) is 0 Å². The average molecular weight is 290 g/mol. The number of nitrogens with two attached hydrogens (primary N) is 1. The number of carbonyl (C=O) groups excluding carboxylic acids is 1. The van der Waals surface area contributed by atoms with Gasteiger partial charge in [-0.25, -0.2) is 10.8 Å². The average Bonchev–Trinajstić information content (AvgIpc) is 2.52. The highest BCUT2D eigenvalue weighted by Gasteiger charge is 2.08. The van der Waals surface area contributed by atoms with E-state index in [0.29, 0.717) is 19.0 Å². The Morgan fingerprint density at radius 3 is 2.90 bits per heavy atom. The Balaban J connectivity index is 2.08. The lowest BCUT2D eigenvalue weighted by Gasteiger charge is -2.10. The van der Waals surface area contributed by atoms with Crippen molar-refractivity contribution in [2.45, 2.75) is 0 Å². The molecule has 0 aliphatic carbocycles. The van der Waals surface area contributed by atoms with Gasteiger partial charge in [0.15, 0.2) is 0 Å². The molecular formula is C13H18N6O2. The summed E-state index contributed by atoms with van der Waals surface area (Å²) in [6, 6.07) is 7.48. The smallest absolute Gasteiger partial charge is 0.239 e. The zero-order valence-electron chi connectivity index (χ0n) is 11.7. The third kappa shape index (κ3) is 4.01. The first-order chi connectivity index (χ1) is 10.2. The number of nitrogens with zero attached hydrogens (tertiary/aromatic N) is 2. The summed E-state index contributed by atoms with van der Waals surface area (Å²) in [7, 11) is 1.58. The van der Waals surface area contributed by atoms with Crippen LogP contribution in [0.1, 0.15) is 0 Å². The van der Waals surface area contributed by atoms with Gasteiger partial charge in [-0.15, -0.1) is 0 Å². The fourth-order valence-corrected chi connectivity index (χ4v) is 1.79. The molecule has 1 heterocycles. The molecule has 0 radical (unpaired) electrons. The van der Waals surface area contributed by atoms with Gasteiger partial charge in [-0.2, -0.15) is 4.98 Å². The number of para-hydroxylation sites is 1. The minimum atomic E-state index is -0.142. The Kier molecular flexibility index (Phi) is 5.24. The minimum absolute atomic E-state index is 0.106. The normalized spacial score (nSPS) is 10.4. The van der Waals surface area contributed by atoms with Crippen molar-refractivity contribution in [3.05, 3.63) is 24.3 Å². The van der Waals surface area contributed by atoms with Crippen molar-refractivity contribution in [2.24, 2.45) is 5.84 Å². The van der Waals surface area contributed by atoms with Crippen LogP contribution in [-0.2, 0) is 9.53 Å². The van der Waals surface area contributed by atoms with Gasteiger partial charge in [-0.3, -0.25) is 10.2 Å². The van der Waals surface area contributed by atoms with Crippen LogP contribution in [0.25, 0.3) is 10.9 Å². The summed E-state index contributed by atoms with van der Waals surface area (Å²) in [4.78, 5) is 20.1. The number of amides is 1. The number of hydrogen-bond donors (Lipinski definition) is 4. The van der Waals surface area contributed by atoms with E-state index in [1.807, 2.05) is 24.3 Å². The molecular weight excluding hydrogens is 272 g/mol. The second kappa shape index (κ2) is 7.36. The number of methoxy groups -OCH3 is 1. The Morgan fingerprint density at radius 1 is 1.33 bits per heavy atom. The Morgan fingerprint density at radius 2 is 2.14 bits per heavy atom. The number of anilines is 2. The van der Waals surface area contributed by atoms with Crippen LogP contribution >= 0.6 is 0 Å².